The van der Waals surface area contributed by atoms with Gasteiger partial charge in [0.2, 0.25) is 5.91 Å². The number of hydrogen-bond donors (Lipinski definition) is 1. The minimum Gasteiger partial charge on any atom is -0.380 e. The standard InChI is InChI=1S/C13H24N2O2/c1-2-3-8-17-9-6-14-11-10-13(16)15-7-4-5-12(11)15/h11-12,14H,2-10H2,1H3. The van der Waals surface area contributed by atoms with Crippen LogP contribution in [0.4, 0.5) is 0 Å². The van der Waals surface area contributed by atoms with Gasteiger partial charge < -0.3 is 15.0 Å². The van der Waals surface area contributed by atoms with Crippen LogP contribution in [0.1, 0.15) is 39.0 Å². The molecule has 0 spiro atoms. The van der Waals surface area contributed by atoms with Crippen LogP contribution in [-0.4, -0.2) is 49.2 Å². The van der Waals surface area contributed by atoms with Crippen molar-refractivity contribution in [2.45, 2.75) is 51.1 Å². The summed E-state index contributed by atoms with van der Waals surface area (Å²) in [5, 5.41) is 3.47. The first-order chi connectivity index (χ1) is 8.33. The lowest BCUT2D eigenvalue weighted by molar-refractivity contribution is -0.127. The molecule has 4 heteroatoms. The van der Waals surface area contributed by atoms with Crippen LogP contribution in [-0.2, 0) is 9.53 Å². The van der Waals surface area contributed by atoms with Crippen LogP contribution in [0.2, 0.25) is 0 Å². The fourth-order valence-corrected chi connectivity index (χ4v) is 2.84. The molecule has 2 saturated heterocycles. The smallest absolute Gasteiger partial charge is 0.224 e. The van der Waals surface area contributed by atoms with Crippen molar-refractivity contribution in [2.75, 3.05) is 26.3 Å². The van der Waals surface area contributed by atoms with Crippen molar-refractivity contribution in [1.82, 2.24) is 10.2 Å². The normalized spacial score (nSPS) is 27.8. The Bertz CT molecular complexity index is 258. The number of carbonyl (C=O) groups excluding carboxylic acids is 1. The van der Waals surface area contributed by atoms with Crippen LogP contribution < -0.4 is 5.32 Å². The Hall–Kier alpha value is -0.610. The number of amides is 1. The highest BCUT2D eigenvalue weighted by Gasteiger charge is 2.41. The predicted octanol–water partition coefficient (Wildman–Crippen LogP) is 1.16. The van der Waals surface area contributed by atoms with E-state index in [1.807, 2.05) is 0 Å². The van der Waals surface area contributed by atoms with Gasteiger partial charge in [-0.2, -0.15) is 0 Å². The molecule has 4 nitrogen and oxygen atoms in total. The van der Waals surface area contributed by atoms with Crippen LogP contribution in [0.3, 0.4) is 0 Å². The maximum Gasteiger partial charge on any atom is 0.224 e. The van der Waals surface area contributed by atoms with Gasteiger partial charge in [0, 0.05) is 38.2 Å². The van der Waals surface area contributed by atoms with Crippen molar-refractivity contribution >= 4 is 5.91 Å². The minimum atomic E-state index is 0.330. The van der Waals surface area contributed by atoms with Crippen molar-refractivity contribution in [2.24, 2.45) is 0 Å². The molecule has 2 aliphatic rings. The maximum absolute atomic E-state index is 11.7. The van der Waals surface area contributed by atoms with Crippen LogP contribution >= 0.6 is 0 Å². The summed E-state index contributed by atoms with van der Waals surface area (Å²) in [6.07, 6.45) is 5.33. The van der Waals surface area contributed by atoms with Gasteiger partial charge in [-0.25, -0.2) is 0 Å². The summed E-state index contributed by atoms with van der Waals surface area (Å²) in [7, 11) is 0. The number of nitrogens with one attached hydrogen (secondary N) is 1. The second kappa shape index (κ2) is 6.36. The third-order valence-electron chi connectivity index (χ3n) is 3.77. The van der Waals surface area contributed by atoms with Crippen molar-refractivity contribution < 1.29 is 9.53 Å². The molecule has 98 valence electrons. The molecule has 1 amide bonds. The predicted molar refractivity (Wildman–Crippen MR) is 66.9 cm³/mol. The molecule has 0 bridgehead atoms. The summed E-state index contributed by atoms with van der Waals surface area (Å²) in [4.78, 5) is 13.7. The summed E-state index contributed by atoms with van der Waals surface area (Å²) in [6, 6.07) is 0.818. The van der Waals surface area contributed by atoms with E-state index in [0.717, 1.165) is 32.7 Å². The lowest BCUT2D eigenvalue weighted by Gasteiger charge is -2.20. The fraction of sp³-hybridized carbons (Fsp3) is 0.923. The zero-order chi connectivity index (χ0) is 12.1. The monoisotopic (exact) mass is 240 g/mol. The van der Waals surface area contributed by atoms with Crippen molar-refractivity contribution in [3.63, 3.8) is 0 Å². The van der Waals surface area contributed by atoms with Gasteiger partial charge >= 0.3 is 0 Å². The Morgan fingerprint density at radius 3 is 3.18 bits per heavy atom. The first-order valence-electron chi connectivity index (χ1n) is 6.93. The number of rotatable bonds is 7. The molecule has 0 radical (unpaired) electrons. The van der Waals surface area contributed by atoms with Gasteiger partial charge in [0.25, 0.3) is 0 Å². The first-order valence-corrected chi connectivity index (χ1v) is 6.93. The van der Waals surface area contributed by atoms with E-state index in [9.17, 15) is 4.79 Å². The number of unbranched alkanes of at least 4 members (excludes halogenated alkanes) is 1. The minimum absolute atomic E-state index is 0.330. The largest absolute Gasteiger partial charge is 0.380 e. The molecule has 0 aromatic rings. The number of nitrogens with zero attached hydrogens (tertiary/aromatic N) is 1. The maximum atomic E-state index is 11.7. The van der Waals surface area contributed by atoms with Crippen LogP contribution in [0, 0.1) is 0 Å². The van der Waals surface area contributed by atoms with Gasteiger partial charge in [0.05, 0.1) is 6.61 Å². The highest BCUT2D eigenvalue weighted by molar-refractivity contribution is 5.80. The van der Waals surface area contributed by atoms with Crippen LogP contribution in [0.15, 0.2) is 0 Å². The van der Waals surface area contributed by atoms with E-state index in [2.05, 4.69) is 17.1 Å². The van der Waals surface area contributed by atoms with Gasteiger partial charge in [-0.1, -0.05) is 13.3 Å². The zero-order valence-corrected chi connectivity index (χ0v) is 10.8. The molecule has 2 heterocycles. The van der Waals surface area contributed by atoms with E-state index >= 15 is 0 Å². The van der Waals surface area contributed by atoms with Gasteiger partial charge in [0.15, 0.2) is 0 Å². The molecular weight excluding hydrogens is 216 g/mol. The molecule has 0 aromatic carbocycles. The van der Waals surface area contributed by atoms with Crippen molar-refractivity contribution in [3.05, 3.63) is 0 Å². The van der Waals surface area contributed by atoms with E-state index in [1.54, 1.807) is 0 Å². The molecule has 0 saturated carbocycles. The SMILES string of the molecule is CCCCOCCNC1CC(=O)N2CCCC12. The number of ether oxygens (including phenoxy) is 1. The lowest BCUT2D eigenvalue weighted by atomic mass is 10.1. The molecule has 2 atom stereocenters. The Morgan fingerprint density at radius 2 is 2.35 bits per heavy atom. The summed E-state index contributed by atoms with van der Waals surface area (Å²) in [6.45, 7) is 5.62. The molecule has 2 aliphatic heterocycles. The summed E-state index contributed by atoms with van der Waals surface area (Å²) < 4.78 is 5.51. The third-order valence-corrected chi connectivity index (χ3v) is 3.77. The van der Waals surface area contributed by atoms with Gasteiger partial charge in [0.1, 0.15) is 0 Å². The highest BCUT2D eigenvalue weighted by atomic mass is 16.5. The molecule has 1 N–H and O–H groups in total. The summed E-state index contributed by atoms with van der Waals surface area (Å²) in [5.41, 5.74) is 0. The Morgan fingerprint density at radius 1 is 1.47 bits per heavy atom. The Labute approximate surface area is 104 Å². The highest BCUT2D eigenvalue weighted by Crippen LogP contribution is 2.28. The van der Waals surface area contributed by atoms with E-state index in [1.165, 1.54) is 19.3 Å². The molecule has 2 fully saturated rings. The Balaban J connectivity index is 1.61. The second-order valence-corrected chi connectivity index (χ2v) is 5.03. The first kappa shape index (κ1) is 12.8. The molecular formula is C13H24N2O2. The topological polar surface area (TPSA) is 41.6 Å². The molecule has 0 aromatic heterocycles. The zero-order valence-electron chi connectivity index (χ0n) is 10.8. The van der Waals surface area contributed by atoms with E-state index in [0.29, 0.717) is 24.4 Å². The third kappa shape index (κ3) is 3.19. The average Bonchev–Trinajstić information content (AvgIpc) is 2.89. The molecule has 17 heavy (non-hydrogen) atoms. The number of fused-ring (bicyclic) bond motifs is 1. The quantitative estimate of drug-likeness (QED) is 0.679. The average molecular weight is 240 g/mol. The number of hydrogen-bond acceptors (Lipinski definition) is 3. The molecule has 2 rings (SSSR count). The summed E-state index contributed by atoms with van der Waals surface area (Å²) >= 11 is 0. The van der Waals surface area contributed by atoms with Gasteiger partial charge in [-0.05, 0) is 19.3 Å². The van der Waals surface area contributed by atoms with E-state index in [4.69, 9.17) is 4.74 Å². The Kier molecular flexibility index (Phi) is 4.80. The van der Waals surface area contributed by atoms with Crippen LogP contribution in [0.25, 0.3) is 0 Å². The van der Waals surface area contributed by atoms with Gasteiger partial charge in [-0.15, -0.1) is 0 Å². The fourth-order valence-electron chi connectivity index (χ4n) is 2.84. The van der Waals surface area contributed by atoms with E-state index < -0.39 is 0 Å². The van der Waals surface area contributed by atoms with Crippen LogP contribution in [0.5, 0.6) is 0 Å². The van der Waals surface area contributed by atoms with Crippen molar-refractivity contribution in [1.29, 1.82) is 0 Å². The summed E-state index contributed by atoms with van der Waals surface area (Å²) in [5.74, 6) is 0.330. The lowest BCUT2D eigenvalue weighted by Crippen LogP contribution is -2.40. The molecule has 0 aliphatic carbocycles. The molecule has 2 unspecified atom stereocenters. The van der Waals surface area contributed by atoms with E-state index in [-0.39, 0.29) is 0 Å². The number of carbonyl (C=O) groups is 1. The van der Waals surface area contributed by atoms with Crippen molar-refractivity contribution in [3.8, 4) is 0 Å². The van der Waals surface area contributed by atoms with Gasteiger partial charge in [-0.3, -0.25) is 4.79 Å². The second-order valence-electron chi connectivity index (χ2n) is 5.03.